The first-order valence-corrected chi connectivity index (χ1v) is 10.4. The third-order valence-corrected chi connectivity index (χ3v) is 5.56. The van der Waals surface area contributed by atoms with Gasteiger partial charge in [-0.05, 0) is 52.2 Å². The fourth-order valence-electron chi connectivity index (χ4n) is 3.34. The van der Waals surface area contributed by atoms with Gasteiger partial charge < -0.3 is 9.84 Å². The highest BCUT2D eigenvalue weighted by Gasteiger charge is 2.14. The van der Waals surface area contributed by atoms with Gasteiger partial charge in [0.1, 0.15) is 5.52 Å². The van der Waals surface area contributed by atoms with E-state index in [1.165, 1.54) is 0 Å². The predicted octanol–water partition coefficient (Wildman–Crippen LogP) is 5.55. The Bertz CT molecular complexity index is 1310. The Hall–Kier alpha value is -3.77. The third kappa shape index (κ3) is 3.60. The maximum absolute atomic E-state index is 12.8. The molecule has 0 aliphatic heterocycles. The zero-order chi connectivity index (χ0) is 20.3. The number of aromatic nitrogens is 2. The molecular weight excluding hydrogens is 394 g/mol. The molecule has 0 saturated heterocycles. The van der Waals surface area contributed by atoms with Crippen molar-refractivity contribution >= 4 is 28.1 Å². The second kappa shape index (κ2) is 7.93. The minimum atomic E-state index is -0.155. The fraction of sp³-hybridized carbons (Fsp3) is 0.0417. The van der Waals surface area contributed by atoms with E-state index in [1.54, 1.807) is 29.7 Å². The lowest BCUT2D eigenvalue weighted by molar-refractivity contribution is 0.0951. The van der Waals surface area contributed by atoms with Crippen LogP contribution in [0.25, 0.3) is 33.4 Å². The van der Waals surface area contributed by atoms with Crippen molar-refractivity contribution in [3.8, 4) is 22.5 Å². The number of rotatable bonds is 5. The number of carbonyl (C=O) groups is 1. The zero-order valence-electron chi connectivity index (χ0n) is 15.9. The van der Waals surface area contributed by atoms with E-state index < -0.39 is 0 Å². The molecule has 3 aromatic heterocycles. The Morgan fingerprint density at radius 2 is 1.87 bits per heavy atom. The molecule has 146 valence electrons. The van der Waals surface area contributed by atoms with E-state index in [1.807, 2.05) is 54.0 Å². The Morgan fingerprint density at radius 1 is 0.967 bits per heavy atom. The molecule has 6 heteroatoms. The molecule has 1 N–H and O–H groups in total. The number of nitrogens with zero attached hydrogens (tertiary/aromatic N) is 2. The van der Waals surface area contributed by atoms with Gasteiger partial charge in [0.2, 0.25) is 0 Å². The maximum atomic E-state index is 12.8. The van der Waals surface area contributed by atoms with E-state index in [9.17, 15) is 4.79 Å². The van der Waals surface area contributed by atoms with Crippen molar-refractivity contribution < 1.29 is 9.32 Å². The molecule has 0 bridgehead atoms. The number of carbonyl (C=O) groups excluding carboxylic acids is 1. The maximum Gasteiger partial charge on any atom is 0.251 e. The molecule has 1 amide bonds. The number of hydrogen-bond donors (Lipinski definition) is 1. The number of pyridine rings is 1. The quantitative estimate of drug-likeness (QED) is 0.412. The van der Waals surface area contributed by atoms with Crippen LogP contribution in [0.1, 0.15) is 15.9 Å². The monoisotopic (exact) mass is 411 g/mol. The van der Waals surface area contributed by atoms with Crippen molar-refractivity contribution in [3.05, 3.63) is 94.9 Å². The Morgan fingerprint density at radius 3 is 2.70 bits per heavy atom. The van der Waals surface area contributed by atoms with E-state index in [4.69, 9.17) is 4.52 Å². The highest BCUT2D eigenvalue weighted by Crippen LogP contribution is 2.29. The number of fused-ring (bicyclic) bond motifs is 1. The van der Waals surface area contributed by atoms with Gasteiger partial charge in [0.15, 0.2) is 5.76 Å². The molecule has 5 rings (SSSR count). The molecule has 30 heavy (non-hydrogen) atoms. The topological polar surface area (TPSA) is 68.0 Å². The first-order valence-electron chi connectivity index (χ1n) is 9.47. The number of amides is 1. The average Bonchev–Trinajstić information content (AvgIpc) is 3.48. The van der Waals surface area contributed by atoms with E-state index in [2.05, 4.69) is 26.9 Å². The van der Waals surface area contributed by atoms with E-state index >= 15 is 0 Å². The predicted molar refractivity (Wildman–Crippen MR) is 118 cm³/mol. The molecule has 0 fully saturated rings. The van der Waals surface area contributed by atoms with Gasteiger partial charge in [0.05, 0.1) is 5.39 Å². The van der Waals surface area contributed by atoms with Crippen molar-refractivity contribution in [2.45, 2.75) is 6.54 Å². The van der Waals surface area contributed by atoms with Crippen LogP contribution in [-0.4, -0.2) is 16.0 Å². The molecule has 0 spiro atoms. The van der Waals surface area contributed by atoms with Crippen LogP contribution < -0.4 is 5.32 Å². The van der Waals surface area contributed by atoms with E-state index in [0.717, 1.165) is 33.2 Å². The molecule has 0 aliphatic rings. The summed E-state index contributed by atoms with van der Waals surface area (Å²) >= 11 is 1.65. The molecule has 2 aromatic carbocycles. The number of thiophene rings is 1. The summed E-state index contributed by atoms with van der Waals surface area (Å²) in [7, 11) is 0. The Balaban J connectivity index is 1.36. The molecule has 5 nitrogen and oxygen atoms in total. The van der Waals surface area contributed by atoms with Crippen molar-refractivity contribution in [1.29, 1.82) is 0 Å². The van der Waals surface area contributed by atoms with Crippen LogP contribution in [0, 0.1) is 0 Å². The van der Waals surface area contributed by atoms with Gasteiger partial charge in [-0.1, -0.05) is 35.5 Å². The summed E-state index contributed by atoms with van der Waals surface area (Å²) in [6.07, 6.45) is 3.60. The van der Waals surface area contributed by atoms with Crippen molar-refractivity contribution in [2.75, 3.05) is 0 Å². The SMILES string of the molecule is O=C(NCc1cncc(-c2ccsc2)c1)c1ccc2noc(-c3ccccc3)c2c1. The first kappa shape index (κ1) is 18.3. The summed E-state index contributed by atoms with van der Waals surface area (Å²) < 4.78 is 5.52. The smallest absolute Gasteiger partial charge is 0.251 e. The molecule has 0 aliphatic carbocycles. The highest BCUT2D eigenvalue weighted by atomic mass is 32.1. The van der Waals surface area contributed by atoms with E-state index in [0.29, 0.717) is 17.9 Å². The van der Waals surface area contributed by atoms with Crippen LogP contribution in [0.5, 0.6) is 0 Å². The van der Waals surface area contributed by atoms with Crippen LogP contribution in [0.3, 0.4) is 0 Å². The minimum Gasteiger partial charge on any atom is -0.355 e. The van der Waals surface area contributed by atoms with Gasteiger partial charge in [-0.15, -0.1) is 0 Å². The lowest BCUT2D eigenvalue weighted by Crippen LogP contribution is -2.22. The van der Waals surface area contributed by atoms with Gasteiger partial charge >= 0.3 is 0 Å². The van der Waals surface area contributed by atoms with Crippen molar-refractivity contribution in [3.63, 3.8) is 0 Å². The van der Waals surface area contributed by atoms with Gasteiger partial charge in [-0.2, -0.15) is 11.3 Å². The van der Waals surface area contributed by atoms with Crippen LogP contribution in [0.4, 0.5) is 0 Å². The summed E-state index contributed by atoms with van der Waals surface area (Å²) in [5, 5.41) is 12.0. The number of nitrogens with one attached hydrogen (secondary N) is 1. The summed E-state index contributed by atoms with van der Waals surface area (Å²) in [5.74, 6) is 0.506. The van der Waals surface area contributed by atoms with Crippen LogP contribution in [-0.2, 0) is 6.54 Å². The van der Waals surface area contributed by atoms with Crippen molar-refractivity contribution in [1.82, 2.24) is 15.5 Å². The van der Waals surface area contributed by atoms with Gasteiger partial charge in [0, 0.05) is 35.6 Å². The Kier molecular flexibility index (Phi) is 4.83. The summed E-state index contributed by atoms with van der Waals surface area (Å²) in [4.78, 5) is 17.1. The fourth-order valence-corrected chi connectivity index (χ4v) is 4.00. The second-order valence-corrected chi connectivity index (χ2v) is 7.67. The average molecular weight is 411 g/mol. The lowest BCUT2D eigenvalue weighted by Gasteiger charge is -2.07. The van der Waals surface area contributed by atoms with Gasteiger partial charge in [-0.3, -0.25) is 9.78 Å². The lowest BCUT2D eigenvalue weighted by atomic mass is 10.1. The molecular formula is C24H17N3O2S. The normalized spacial score (nSPS) is 10.9. The third-order valence-electron chi connectivity index (χ3n) is 4.88. The van der Waals surface area contributed by atoms with Crippen LogP contribution in [0.2, 0.25) is 0 Å². The first-order chi connectivity index (χ1) is 14.8. The van der Waals surface area contributed by atoms with Crippen LogP contribution in [0.15, 0.2) is 88.3 Å². The largest absolute Gasteiger partial charge is 0.355 e. The molecule has 5 aromatic rings. The molecule has 0 unspecified atom stereocenters. The van der Waals surface area contributed by atoms with Gasteiger partial charge in [-0.25, -0.2) is 0 Å². The summed E-state index contributed by atoms with van der Waals surface area (Å²) in [5.41, 5.74) is 5.33. The molecule has 0 radical (unpaired) electrons. The van der Waals surface area contributed by atoms with Crippen LogP contribution >= 0.6 is 11.3 Å². The standard InChI is InChI=1S/C24H17N3O2S/c28-24(26-13-16-10-20(14-25-12-16)19-8-9-30-15-19)18-6-7-22-21(11-18)23(29-27-22)17-4-2-1-3-5-17/h1-12,14-15H,13H2,(H,26,28). The number of hydrogen-bond acceptors (Lipinski definition) is 5. The minimum absolute atomic E-state index is 0.155. The second-order valence-electron chi connectivity index (χ2n) is 6.89. The van der Waals surface area contributed by atoms with Gasteiger partial charge in [0.25, 0.3) is 5.91 Å². The van der Waals surface area contributed by atoms with E-state index in [-0.39, 0.29) is 5.91 Å². The molecule has 3 heterocycles. The van der Waals surface area contributed by atoms with Crippen molar-refractivity contribution in [2.24, 2.45) is 0 Å². The molecule has 0 atom stereocenters. The number of benzene rings is 2. The summed E-state index contributed by atoms with van der Waals surface area (Å²) in [6.45, 7) is 0.400. The summed E-state index contributed by atoms with van der Waals surface area (Å²) in [6, 6.07) is 19.2. The zero-order valence-corrected chi connectivity index (χ0v) is 16.7. The highest BCUT2D eigenvalue weighted by molar-refractivity contribution is 7.08. The molecule has 0 saturated carbocycles. The Labute approximate surface area is 177 Å².